The normalized spacial score (nSPS) is 12.1. The maximum atomic E-state index is 12.8. The van der Waals surface area contributed by atoms with Crippen LogP contribution in [0.5, 0.6) is 0 Å². The summed E-state index contributed by atoms with van der Waals surface area (Å²) in [5.74, 6) is -1.51. The predicted octanol–water partition coefficient (Wildman–Crippen LogP) is 2.74. The van der Waals surface area contributed by atoms with Crippen LogP contribution in [0.4, 0.5) is 13.2 Å². The van der Waals surface area contributed by atoms with Gasteiger partial charge in [0.2, 0.25) is 5.95 Å². The molecular formula is C6H2Cl2F3NO2S. The van der Waals surface area contributed by atoms with Gasteiger partial charge in [-0.15, -0.1) is 0 Å². The maximum absolute atomic E-state index is 12.8. The van der Waals surface area contributed by atoms with Gasteiger partial charge in [0.1, 0.15) is 15.6 Å². The summed E-state index contributed by atoms with van der Waals surface area (Å²) >= 11 is 5.21. The number of nitrogens with zero attached hydrogens (tertiary/aromatic N) is 1. The number of pyridine rings is 1. The Hall–Kier alpha value is -0.530. The Bertz CT molecular complexity index is 491. The average molecular weight is 280 g/mol. The van der Waals surface area contributed by atoms with E-state index in [9.17, 15) is 21.6 Å². The van der Waals surface area contributed by atoms with Crippen LogP contribution in [-0.4, -0.2) is 13.4 Å². The Labute approximate surface area is 92.2 Å². The highest BCUT2D eigenvalue weighted by Crippen LogP contribution is 2.29. The molecule has 1 aromatic rings. The third-order valence-electron chi connectivity index (χ3n) is 1.39. The lowest BCUT2D eigenvalue weighted by Gasteiger charge is -2.04. The minimum Gasteiger partial charge on any atom is -0.217 e. The lowest BCUT2D eigenvalue weighted by Crippen LogP contribution is -2.01. The van der Waals surface area contributed by atoms with E-state index in [1.807, 2.05) is 0 Å². The molecule has 0 aliphatic rings. The fourth-order valence-corrected chi connectivity index (χ4v) is 2.23. The number of hydrogen-bond acceptors (Lipinski definition) is 3. The van der Waals surface area contributed by atoms with Crippen LogP contribution in [0.2, 0.25) is 5.02 Å². The quantitative estimate of drug-likeness (QED) is 0.618. The second-order valence-electron chi connectivity index (χ2n) is 2.39. The molecule has 0 spiro atoms. The fraction of sp³-hybridized carbons (Fsp3) is 0.167. The molecule has 15 heavy (non-hydrogen) atoms. The zero-order valence-electron chi connectivity index (χ0n) is 6.72. The molecule has 0 N–H and O–H groups in total. The van der Waals surface area contributed by atoms with Crippen LogP contribution in [0, 0.1) is 5.95 Å². The standard InChI is InChI=1S/C6H2Cl2F3NO2S/c7-4-3(15(8,13)14)1-2(5(9)10)12-6(4)11/h1,5H. The van der Waals surface area contributed by atoms with Crippen molar-refractivity contribution in [3.05, 3.63) is 22.7 Å². The lowest BCUT2D eigenvalue weighted by atomic mass is 10.3. The Morgan fingerprint density at radius 3 is 2.33 bits per heavy atom. The number of hydrogen-bond donors (Lipinski definition) is 0. The summed E-state index contributed by atoms with van der Waals surface area (Å²) in [5, 5.41) is -0.908. The molecule has 0 saturated carbocycles. The molecule has 84 valence electrons. The van der Waals surface area contributed by atoms with Crippen LogP contribution in [-0.2, 0) is 9.05 Å². The van der Waals surface area contributed by atoms with Crippen LogP contribution in [0.15, 0.2) is 11.0 Å². The molecule has 0 bridgehead atoms. The van der Waals surface area contributed by atoms with Crippen molar-refractivity contribution in [2.24, 2.45) is 0 Å². The van der Waals surface area contributed by atoms with Gasteiger partial charge in [0, 0.05) is 10.7 Å². The topological polar surface area (TPSA) is 47.0 Å². The predicted molar refractivity (Wildman–Crippen MR) is 47.2 cm³/mol. The first-order valence-electron chi connectivity index (χ1n) is 3.32. The van der Waals surface area contributed by atoms with E-state index in [0.29, 0.717) is 6.07 Å². The van der Waals surface area contributed by atoms with Gasteiger partial charge in [-0.25, -0.2) is 22.2 Å². The van der Waals surface area contributed by atoms with Crippen LogP contribution >= 0.6 is 22.3 Å². The fourth-order valence-electron chi connectivity index (χ4n) is 0.783. The summed E-state index contributed by atoms with van der Waals surface area (Å²) in [6, 6.07) is 0.429. The summed E-state index contributed by atoms with van der Waals surface area (Å²) in [4.78, 5) is 1.85. The number of halogens is 5. The SMILES string of the molecule is O=S(=O)(Cl)c1cc(C(F)F)nc(F)c1Cl. The van der Waals surface area contributed by atoms with Gasteiger partial charge in [0.25, 0.3) is 15.5 Å². The Morgan fingerprint density at radius 2 is 1.93 bits per heavy atom. The van der Waals surface area contributed by atoms with Crippen molar-refractivity contribution in [2.75, 3.05) is 0 Å². The van der Waals surface area contributed by atoms with Crippen LogP contribution in [0.25, 0.3) is 0 Å². The molecule has 0 fully saturated rings. The first-order chi connectivity index (χ1) is 6.73. The summed E-state index contributed by atoms with van der Waals surface area (Å²) in [6.45, 7) is 0. The molecule has 0 aliphatic carbocycles. The molecule has 1 aromatic heterocycles. The second kappa shape index (κ2) is 4.15. The summed E-state index contributed by atoms with van der Waals surface area (Å²) in [6.07, 6.45) is -3.12. The van der Waals surface area contributed by atoms with E-state index >= 15 is 0 Å². The molecular weight excluding hydrogens is 278 g/mol. The van der Waals surface area contributed by atoms with E-state index in [2.05, 4.69) is 4.98 Å². The first-order valence-corrected chi connectivity index (χ1v) is 6.01. The molecule has 0 atom stereocenters. The van der Waals surface area contributed by atoms with Crippen LogP contribution in [0.1, 0.15) is 12.1 Å². The van der Waals surface area contributed by atoms with Gasteiger partial charge in [-0.2, -0.15) is 4.39 Å². The van der Waals surface area contributed by atoms with Crippen LogP contribution < -0.4 is 0 Å². The molecule has 0 saturated heterocycles. The molecule has 0 amide bonds. The van der Waals surface area contributed by atoms with E-state index in [0.717, 1.165) is 0 Å². The van der Waals surface area contributed by atoms with Crippen LogP contribution in [0.3, 0.4) is 0 Å². The highest BCUT2D eigenvalue weighted by molar-refractivity contribution is 8.13. The Balaban J connectivity index is 3.52. The van der Waals surface area contributed by atoms with Crippen molar-refractivity contribution in [3.63, 3.8) is 0 Å². The zero-order chi connectivity index (χ0) is 11.8. The summed E-state index contributed by atoms with van der Waals surface area (Å²) in [7, 11) is 0.476. The second-order valence-corrected chi connectivity index (χ2v) is 5.30. The third kappa shape index (κ3) is 2.73. The van der Waals surface area contributed by atoms with Crippen molar-refractivity contribution >= 4 is 31.3 Å². The minimum absolute atomic E-state index is 0.429. The van der Waals surface area contributed by atoms with Gasteiger partial charge in [0.05, 0.1) is 0 Å². The lowest BCUT2D eigenvalue weighted by molar-refractivity contribution is 0.144. The first kappa shape index (κ1) is 12.5. The maximum Gasteiger partial charge on any atom is 0.280 e. The molecule has 1 heterocycles. The smallest absolute Gasteiger partial charge is 0.217 e. The number of rotatable bonds is 2. The Morgan fingerprint density at radius 1 is 1.40 bits per heavy atom. The van der Waals surface area contributed by atoms with Crippen molar-refractivity contribution < 1.29 is 21.6 Å². The molecule has 3 nitrogen and oxygen atoms in total. The Kier molecular flexibility index (Phi) is 3.47. The van der Waals surface area contributed by atoms with Crippen molar-refractivity contribution in [3.8, 4) is 0 Å². The van der Waals surface area contributed by atoms with Gasteiger partial charge in [-0.3, -0.25) is 0 Å². The van der Waals surface area contributed by atoms with Gasteiger partial charge < -0.3 is 0 Å². The largest absolute Gasteiger partial charge is 0.280 e. The van der Waals surface area contributed by atoms with Gasteiger partial charge in [-0.1, -0.05) is 11.6 Å². The van der Waals surface area contributed by atoms with Crippen molar-refractivity contribution in [1.29, 1.82) is 0 Å². The minimum atomic E-state index is -4.39. The van der Waals surface area contributed by atoms with E-state index < -0.39 is 37.0 Å². The molecule has 0 aromatic carbocycles. The highest BCUT2D eigenvalue weighted by Gasteiger charge is 2.23. The van der Waals surface area contributed by atoms with E-state index in [-0.39, 0.29) is 0 Å². The molecule has 0 aliphatic heterocycles. The van der Waals surface area contributed by atoms with E-state index in [1.165, 1.54) is 0 Å². The van der Waals surface area contributed by atoms with E-state index in [1.54, 1.807) is 0 Å². The summed E-state index contributed by atoms with van der Waals surface area (Å²) in [5.41, 5.74) is -1.05. The monoisotopic (exact) mass is 279 g/mol. The number of aromatic nitrogens is 1. The average Bonchev–Trinajstić information content (AvgIpc) is 2.06. The van der Waals surface area contributed by atoms with E-state index in [4.69, 9.17) is 22.3 Å². The summed E-state index contributed by atoms with van der Waals surface area (Å²) < 4.78 is 58.7. The van der Waals surface area contributed by atoms with Crippen molar-refractivity contribution in [1.82, 2.24) is 4.98 Å². The third-order valence-corrected chi connectivity index (χ3v) is 3.21. The van der Waals surface area contributed by atoms with Gasteiger partial charge in [-0.05, 0) is 6.07 Å². The van der Waals surface area contributed by atoms with Gasteiger partial charge in [0.15, 0.2) is 0 Å². The molecule has 0 radical (unpaired) electrons. The zero-order valence-corrected chi connectivity index (χ0v) is 9.04. The van der Waals surface area contributed by atoms with Crippen molar-refractivity contribution in [2.45, 2.75) is 11.3 Å². The highest BCUT2D eigenvalue weighted by atomic mass is 35.7. The molecule has 9 heteroatoms. The molecule has 0 unspecified atom stereocenters. The molecule has 1 rings (SSSR count). The number of alkyl halides is 2. The van der Waals surface area contributed by atoms with Gasteiger partial charge >= 0.3 is 0 Å².